The lowest BCUT2D eigenvalue weighted by atomic mass is 9.88. The predicted octanol–water partition coefficient (Wildman–Crippen LogP) is 3.23. The van der Waals surface area contributed by atoms with E-state index in [2.05, 4.69) is 38.1 Å². The number of benzene rings is 2. The van der Waals surface area contributed by atoms with Crippen LogP contribution in [0.5, 0.6) is 0 Å². The molecule has 2 rings (SSSR count). The van der Waals surface area contributed by atoms with Crippen molar-refractivity contribution in [1.82, 2.24) is 0 Å². The number of aryl methyl sites for hydroxylation is 1. The molecule has 2 heteroatoms. The van der Waals surface area contributed by atoms with E-state index in [1.807, 2.05) is 30.3 Å². The fourth-order valence-corrected chi connectivity index (χ4v) is 2.53. The summed E-state index contributed by atoms with van der Waals surface area (Å²) in [6.45, 7) is 4.19. The van der Waals surface area contributed by atoms with Crippen LogP contribution >= 0.6 is 0 Å². The molecule has 3 atom stereocenters. The van der Waals surface area contributed by atoms with Gasteiger partial charge in [-0.3, -0.25) is 0 Å². The van der Waals surface area contributed by atoms with E-state index in [-0.39, 0.29) is 12.0 Å². The van der Waals surface area contributed by atoms with Crippen LogP contribution in [0.3, 0.4) is 0 Å². The molecule has 0 radical (unpaired) electrons. The van der Waals surface area contributed by atoms with Crippen LogP contribution in [0.15, 0.2) is 54.6 Å². The van der Waals surface area contributed by atoms with Crippen molar-refractivity contribution in [2.24, 2.45) is 11.7 Å². The molecular formula is C18H23NO. The molecule has 0 fully saturated rings. The van der Waals surface area contributed by atoms with Gasteiger partial charge in [-0.05, 0) is 30.4 Å². The second kappa shape index (κ2) is 6.69. The lowest BCUT2D eigenvalue weighted by molar-refractivity contribution is 0.121. The first-order chi connectivity index (χ1) is 9.58. The number of aliphatic hydroxyl groups excluding tert-OH is 1. The Hall–Kier alpha value is -1.64. The Balaban J connectivity index is 2.03. The fraction of sp³-hybridized carbons (Fsp3) is 0.333. The maximum atomic E-state index is 10.4. The first-order valence-corrected chi connectivity index (χ1v) is 7.12. The third-order valence-corrected chi connectivity index (χ3v) is 3.80. The van der Waals surface area contributed by atoms with Crippen molar-refractivity contribution in [1.29, 1.82) is 0 Å². The van der Waals surface area contributed by atoms with Crippen LogP contribution in [0.2, 0.25) is 0 Å². The highest BCUT2D eigenvalue weighted by Gasteiger charge is 2.22. The number of aliphatic hydroxyl groups is 1. The first kappa shape index (κ1) is 14.8. The van der Waals surface area contributed by atoms with Crippen molar-refractivity contribution in [2.75, 3.05) is 0 Å². The molecule has 3 N–H and O–H groups in total. The maximum absolute atomic E-state index is 10.4. The molecular weight excluding hydrogens is 246 g/mol. The number of hydrogen-bond donors (Lipinski definition) is 2. The van der Waals surface area contributed by atoms with Crippen molar-refractivity contribution in [3.8, 4) is 0 Å². The van der Waals surface area contributed by atoms with Crippen LogP contribution in [0.1, 0.15) is 29.7 Å². The lowest BCUT2D eigenvalue weighted by Crippen LogP contribution is -2.36. The molecule has 0 aromatic heterocycles. The third-order valence-electron chi connectivity index (χ3n) is 3.80. The maximum Gasteiger partial charge on any atom is 0.0943 e. The van der Waals surface area contributed by atoms with Crippen LogP contribution in [-0.2, 0) is 6.42 Å². The van der Waals surface area contributed by atoms with Gasteiger partial charge in [0.15, 0.2) is 0 Å². The van der Waals surface area contributed by atoms with E-state index in [0.29, 0.717) is 0 Å². The highest BCUT2D eigenvalue weighted by atomic mass is 16.3. The second-order valence-electron chi connectivity index (χ2n) is 5.60. The SMILES string of the molecule is Cc1cccc(CC(C)[C@@H](N)[C@H](O)c2ccccc2)c1. The standard InChI is InChI=1S/C18H23NO/c1-13-7-6-8-15(11-13)12-14(2)17(19)18(20)16-9-4-3-5-10-16/h3-11,14,17-18,20H,12,19H2,1-2H3/t14?,17-,18-/m1/s1. The van der Waals surface area contributed by atoms with E-state index in [4.69, 9.17) is 5.73 Å². The minimum atomic E-state index is -0.615. The molecule has 0 heterocycles. The molecule has 0 saturated carbocycles. The van der Waals surface area contributed by atoms with Gasteiger partial charge in [0, 0.05) is 6.04 Å². The van der Waals surface area contributed by atoms with Gasteiger partial charge in [0.05, 0.1) is 6.10 Å². The highest BCUT2D eigenvalue weighted by molar-refractivity contribution is 5.23. The monoisotopic (exact) mass is 269 g/mol. The van der Waals surface area contributed by atoms with Gasteiger partial charge < -0.3 is 10.8 Å². The summed E-state index contributed by atoms with van der Waals surface area (Å²) in [5.41, 5.74) is 9.64. The zero-order chi connectivity index (χ0) is 14.5. The predicted molar refractivity (Wildman–Crippen MR) is 83.4 cm³/mol. The summed E-state index contributed by atoms with van der Waals surface area (Å²) in [6.07, 6.45) is 0.267. The van der Waals surface area contributed by atoms with E-state index in [1.54, 1.807) is 0 Å². The Morgan fingerprint density at radius 3 is 2.40 bits per heavy atom. The average molecular weight is 269 g/mol. The van der Waals surface area contributed by atoms with Gasteiger partial charge in [-0.15, -0.1) is 0 Å². The summed E-state index contributed by atoms with van der Waals surface area (Å²) in [4.78, 5) is 0. The van der Waals surface area contributed by atoms with Crippen LogP contribution in [-0.4, -0.2) is 11.1 Å². The number of rotatable bonds is 5. The summed E-state index contributed by atoms with van der Waals surface area (Å²) in [5, 5.41) is 10.4. The van der Waals surface area contributed by atoms with Crippen LogP contribution in [0, 0.1) is 12.8 Å². The summed E-state index contributed by atoms with van der Waals surface area (Å²) in [5.74, 6) is 0.215. The summed E-state index contributed by atoms with van der Waals surface area (Å²) >= 11 is 0. The first-order valence-electron chi connectivity index (χ1n) is 7.12. The molecule has 0 bridgehead atoms. The largest absolute Gasteiger partial charge is 0.387 e. The van der Waals surface area contributed by atoms with E-state index in [9.17, 15) is 5.11 Å². The highest BCUT2D eigenvalue weighted by Crippen LogP contribution is 2.22. The van der Waals surface area contributed by atoms with Crippen LogP contribution in [0.4, 0.5) is 0 Å². The van der Waals surface area contributed by atoms with Gasteiger partial charge >= 0.3 is 0 Å². The molecule has 106 valence electrons. The smallest absolute Gasteiger partial charge is 0.0943 e. The van der Waals surface area contributed by atoms with E-state index in [0.717, 1.165) is 12.0 Å². The molecule has 0 aliphatic heterocycles. The summed E-state index contributed by atoms with van der Waals surface area (Å²) < 4.78 is 0. The molecule has 2 aromatic rings. The quantitative estimate of drug-likeness (QED) is 0.875. The zero-order valence-corrected chi connectivity index (χ0v) is 12.2. The van der Waals surface area contributed by atoms with Gasteiger partial charge in [0.1, 0.15) is 0 Å². The molecule has 0 aliphatic rings. The van der Waals surface area contributed by atoms with Gasteiger partial charge in [-0.25, -0.2) is 0 Å². The van der Waals surface area contributed by atoms with Gasteiger partial charge in [0.25, 0.3) is 0 Å². The molecule has 0 spiro atoms. The Morgan fingerprint density at radius 1 is 1.05 bits per heavy atom. The summed E-state index contributed by atoms with van der Waals surface area (Å²) in [7, 11) is 0. The van der Waals surface area contributed by atoms with Crippen molar-refractivity contribution in [2.45, 2.75) is 32.4 Å². The molecule has 1 unspecified atom stereocenters. The van der Waals surface area contributed by atoms with Gasteiger partial charge in [-0.2, -0.15) is 0 Å². The van der Waals surface area contributed by atoms with E-state index >= 15 is 0 Å². The van der Waals surface area contributed by atoms with Crippen LogP contribution in [0.25, 0.3) is 0 Å². The lowest BCUT2D eigenvalue weighted by Gasteiger charge is -2.25. The molecule has 0 amide bonds. The minimum absolute atomic E-state index is 0.215. The molecule has 20 heavy (non-hydrogen) atoms. The van der Waals surface area contributed by atoms with Crippen molar-refractivity contribution >= 4 is 0 Å². The Kier molecular flexibility index (Phi) is 4.94. The minimum Gasteiger partial charge on any atom is -0.387 e. The Bertz CT molecular complexity index is 538. The van der Waals surface area contributed by atoms with Crippen molar-refractivity contribution in [3.05, 3.63) is 71.3 Å². The van der Waals surface area contributed by atoms with Gasteiger partial charge in [-0.1, -0.05) is 67.1 Å². The Morgan fingerprint density at radius 2 is 1.75 bits per heavy atom. The average Bonchev–Trinajstić information content (AvgIpc) is 2.46. The zero-order valence-electron chi connectivity index (χ0n) is 12.2. The molecule has 0 aliphatic carbocycles. The molecule has 2 nitrogen and oxygen atoms in total. The summed E-state index contributed by atoms with van der Waals surface area (Å²) in [6, 6.07) is 17.8. The van der Waals surface area contributed by atoms with E-state index in [1.165, 1.54) is 11.1 Å². The second-order valence-corrected chi connectivity index (χ2v) is 5.60. The Labute approximate surface area is 121 Å². The number of hydrogen-bond acceptors (Lipinski definition) is 2. The van der Waals surface area contributed by atoms with Crippen molar-refractivity contribution < 1.29 is 5.11 Å². The van der Waals surface area contributed by atoms with Crippen LogP contribution < -0.4 is 5.73 Å². The molecule has 0 saturated heterocycles. The topological polar surface area (TPSA) is 46.2 Å². The molecule has 2 aromatic carbocycles. The normalized spacial score (nSPS) is 15.6. The van der Waals surface area contributed by atoms with Crippen molar-refractivity contribution in [3.63, 3.8) is 0 Å². The fourth-order valence-electron chi connectivity index (χ4n) is 2.53. The van der Waals surface area contributed by atoms with Gasteiger partial charge in [0.2, 0.25) is 0 Å². The number of nitrogens with two attached hydrogens (primary N) is 1. The van der Waals surface area contributed by atoms with E-state index < -0.39 is 6.10 Å². The third kappa shape index (κ3) is 3.69.